The van der Waals surface area contributed by atoms with Crippen LogP contribution in [0.15, 0.2) is 113 Å². The van der Waals surface area contributed by atoms with Crippen molar-refractivity contribution in [2.24, 2.45) is 10.9 Å². The van der Waals surface area contributed by atoms with E-state index in [2.05, 4.69) is 45.5 Å². The van der Waals surface area contributed by atoms with E-state index in [0.717, 1.165) is 45.1 Å². The van der Waals surface area contributed by atoms with Crippen molar-refractivity contribution in [1.29, 1.82) is 0 Å². The maximum atomic E-state index is 14.3. The number of amides is 1. The summed E-state index contributed by atoms with van der Waals surface area (Å²) in [4.78, 5) is 19.4. The monoisotopic (exact) mass is 638 g/mol. The Kier molecular flexibility index (Phi) is 8.91. The molecular weight excluding hydrogens is 604 g/mol. The molecule has 220 valence electrons. The second kappa shape index (κ2) is 13.1. The van der Waals surface area contributed by atoms with Crippen LogP contribution in [0.5, 0.6) is 5.75 Å². The predicted molar refractivity (Wildman–Crippen MR) is 172 cm³/mol. The molecular formula is C36H35BrN2O4. The first kappa shape index (κ1) is 29.1. The number of rotatable bonds is 12. The molecule has 1 saturated carbocycles. The Labute approximate surface area is 260 Å². The molecule has 1 aliphatic heterocycles. The molecule has 6 rings (SSSR count). The second-order valence-corrected chi connectivity index (χ2v) is 12.1. The standard InChI is InChI=1S/C36H35BrN2O4/c37-31-17-9-25(10-18-31)23-36(35(41)38-24-26-7-8-26)33(29-13-11-28(12-14-29)27-5-2-1-3-6-27)43-34(39-36)30-15-19-32(20-16-30)42-22-4-21-40/h1-3,5-6,9-20,26,33,40H,4,7-8,21-24H2,(H,38,41)/t33-,36-/m1/s1. The van der Waals surface area contributed by atoms with E-state index in [1.54, 1.807) is 0 Å². The van der Waals surface area contributed by atoms with Crippen molar-refractivity contribution < 1.29 is 19.4 Å². The van der Waals surface area contributed by atoms with Crippen molar-refractivity contribution in [3.63, 3.8) is 0 Å². The summed E-state index contributed by atoms with van der Waals surface area (Å²) in [5.41, 5.74) is 3.67. The molecule has 2 atom stereocenters. The van der Waals surface area contributed by atoms with Gasteiger partial charge in [0.1, 0.15) is 5.75 Å². The van der Waals surface area contributed by atoms with E-state index in [1.807, 2.05) is 78.9 Å². The van der Waals surface area contributed by atoms with Gasteiger partial charge in [-0.25, -0.2) is 4.99 Å². The van der Waals surface area contributed by atoms with E-state index >= 15 is 0 Å². The number of nitrogens with zero attached hydrogens (tertiary/aromatic N) is 1. The molecule has 1 fully saturated rings. The van der Waals surface area contributed by atoms with Crippen LogP contribution < -0.4 is 10.1 Å². The number of hydrogen-bond donors (Lipinski definition) is 2. The molecule has 0 bridgehead atoms. The number of carbonyl (C=O) groups excluding carboxylic acids is 1. The van der Waals surface area contributed by atoms with Crippen molar-refractivity contribution in [2.75, 3.05) is 19.8 Å². The number of ether oxygens (including phenoxy) is 2. The van der Waals surface area contributed by atoms with Crippen LogP contribution in [0.1, 0.15) is 42.1 Å². The minimum absolute atomic E-state index is 0.0830. The van der Waals surface area contributed by atoms with E-state index in [-0.39, 0.29) is 12.5 Å². The van der Waals surface area contributed by atoms with Gasteiger partial charge in [0.2, 0.25) is 5.90 Å². The molecule has 1 amide bonds. The summed E-state index contributed by atoms with van der Waals surface area (Å²) >= 11 is 3.53. The molecule has 1 heterocycles. The number of aliphatic hydroxyl groups excluding tert-OH is 1. The zero-order chi connectivity index (χ0) is 29.6. The van der Waals surface area contributed by atoms with Crippen molar-refractivity contribution in [3.05, 3.63) is 124 Å². The Hall–Kier alpha value is -3.94. The number of benzene rings is 4. The van der Waals surface area contributed by atoms with Crippen LogP contribution in [0.25, 0.3) is 11.1 Å². The van der Waals surface area contributed by atoms with Crippen LogP contribution in [-0.4, -0.2) is 42.2 Å². The number of hydrogen-bond acceptors (Lipinski definition) is 5. The molecule has 6 nitrogen and oxygen atoms in total. The van der Waals surface area contributed by atoms with Gasteiger partial charge in [-0.15, -0.1) is 0 Å². The van der Waals surface area contributed by atoms with E-state index in [4.69, 9.17) is 19.6 Å². The Morgan fingerprint density at radius 3 is 2.26 bits per heavy atom. The molecule has 4 aromatic rings. The first-order valence-electron chi connectivity index (χ1n) is 14.8. The fourth-order valence-corrected chi connectivity index (χ4v) is 5.65. The zero-order valence-electron chi connectivity index (χ0n) is 23.9. The highest BCUT2D eigenvalue weighted by Crippen LogP contribution is 2.43. The maximum Gasteiger partial charge on any atom is 0.252 e. The van der Waals surface area contributed by atoms with Gasteiger partial charge >= 0.3 is 0 Å². The summed E-state index contributed by atoms with van der Waals surface area (Å²) in [7, 11) is 0. The fraction of sp³-hybridized carbons (Fsp3) is 0.278. The zero-order valence-corrected chi connectivity index (χ0v) is 25.5. The quantitative estimate of drug-likeness (QED) is 0.165. The van der Waals surface area contributed by atoms with Crippen LogP contribution in [0.4, 0.5) is 0 Å². The van der Waals surface area contributed by atoms with Crippen LogP contribution in [-0.2, 0) is 16.0 Å². The highest BCUT2D eigenvalue weighted by atomic mass is 79.9. The van der Waals surface area contributed by atoms with E-state index in [9.17, 15) is 4.79 Å². The van der Waals surface area contributed by atoms with Gasteiger partial charge in [-0.2, -0.15) is 0 Å². The fourth-order valence-electron chi connectivity index (χ4n) is 5.39. The number of aliphatic imine (C=N–C) groups is 1. The summed E-state index contributed by atoms with van der Waals surface area (Å²) < 4.78 is 13.4. The molecule has 2 N–H and O–H groups in total. The van der Waals surface area contributed by atoms with E-state index < -0.39 is 11.6 Å². The van der Waals surface area contributed by atoms with Crippen LogP contribution in [0, 0.1) is 5.92 Å². The number of aliphatic hydroxyl groups is 1. The summed E-state index contributed by atoms with van der Waals surface area (Å²) in [6, 6.07) is 34.1. The first-order valence-corrected chi connectivity index (χ1v) is 15.6. The van der Waals surface area contributed by atoms with Crippen molar-refractivity contribution in [2.45, 2.75) is 37.3 Å². The Morgan fingerprint density at radius 1 is 0.907 bits per heavy atom. The van der Waals surface area contributed by atoms with Crippen molar-refractivity contribution in [3.8, 4) is 16.9 Å². The van der Waals surface area contributed by atoms with Gasteiger partial charge in [-0.05, 0) is 77.4 Å². The van der Waals surface area contributed by atoms with Gasteiger partial charge in [0, 0.05) is 36.0 Å². The predicted octanol–water partition coefficient (Wildman–Crippen LogP) is 6.90. The number of carbonyl (C=O) groups is 1. The summed E-state index contributed by atoms with van der Waals surface area (Å²) in [6.45, 7) is 1.16. The largest absolute Gasteiger partial charge is 0.494 e. The summed E-state index contributed by atoms with van der Waals surface area (Å²) in [6.07, 6.45) is 2.60. The molecule has 1 aliphatic carbocycles. The van der Waals surface area contributed by atoms with Gasteiger partial charge in [0.25, 0.3) is 5.91 Å². The number of nitrogens with one attached hydrogen (secondary N) is 1. The van der Waals surface area contributed by atoms with Crippen molar-refractivity contribution in [1.82, 2.24) is 5.32 Å². The van der Waals surface area contributed by atoms with Crippen LogP contribution >= 0.6 is 15.9 Å². The Bertz CT molecular complexity index is 1550. The lowest BCUT2D eigenvalue weighted by Crippen LogP contribution is -2.50. The molecule has 0 saturated heterocycles. The van der Waals surface area contributed by atoms with Crippen LogP contribution in [0.2, 0.25) is 0 Å². The van der Waals surface area contributed by atoms with Crippen LogP contribution in [0.3, 0.4) is 0 Å². The third kappa shape index (κ3) is 6.84. The number of halogens is 1. The second-order valence-electron chi connectivity index (χ2n) is 11.2. The Morgan fingerprint density at radius 2 is 1.58 bits per heavy atom. The minimum atomic E-state index is -1.21. The molecule has 7 heteroatoms. The average molecular weight is 640 g/mol. The molecule has 0 unspecified atom stereocenters. The smallest absolute Gasteiger partial charge is 0.252 e. The lowest BCUT2D eigenvalue weighted by molar-refractivity contribution is -0.129. The highest BCUT2D eigenvalue weighted by molar-refractivity contribution is 9.10. The third-order valence-electron chi connectivity index (χ3n) is 7.99. The average Bonchev–Trinajstić information content (AvgIpc) is 3.81. The van der Waals surface area contributed by atoms with Gasteiger partial charge in [0.05, 0.1) is 6.61 Å². The third-order valence-corrected chi connectivity index (χ3v) is 8.51. The van der Waals surface area contributed by atoms with Gasteiger partial charge in [-0.1, -0.05) is 82.7 Å². The first-order chi connectivity index (χ1) is 21.0. The van der Waals surface area contributed by atoms with E-state index in [1.165, 1.54) is 0 Å². The normalized spacial score (nSPS) is 19.4. The van der Waals surface area contributed by atoms with Gasteiger partial charge in [0.15, 0.2) is 11.6 Å². The highest BCUT2D eigenvalue weighted by Gasteiger charge is 2.53. The SMILES string of the molecule is O=C(NCC1CC1)[C@]1(Cc2ccc(Br)cc2)N=C(c2ccc(OCCCO)cc2)O[C@@H]1c1ccc(-c2ccccc2)cc1. The Balaban J connectivity index is 1.38. The molecule has 43 heavy (non-hydrogen) atoms. The topological polar surface area (TPSA) is 80.2 Å². The summed E-state index contributed by atoms with van der Waals surface area (Å²) in [5.74, 6) is 1.53. The minimum Gasteiger partial charge on any atom is -0.494 e. The molecule has 0 radical (unpaired) electrons. The lowest BCUT2D eigenvalue weighted by Gasteiger charge is -2.31. The van der Waals surface area contributed by atoms with Gasteiger partial charge in [-0.3, -0.25) is 4.79 Å². The molecule has 4 aromatic carbocycles. The molecule has 0 spiro atoms. The van der Waals surface area contributed by atoms with Crippen molar-refractivity contribution >= 4 is 27.7 Å². The molecule has 0 aromatic heterocycles. The lowest BCUT2D eigenvalue weighted by atomic mass is 9.81. The molecule has 2 aliphatic rings. The maximum absolute atomic E-state index is 14.3. The van der Waals surface area contributed by atoms with E-state index in [0.29, 0.717) is 43.6 Å². The summed E-state index contributed by atoms with van der Waals surface area (Å²) in [5, 5.41) is 12.3. The van der Waals surface area contributed by atoms with Gasteiger partial charge < -0.3 is 19.9 Å².